The molecule has 1 N–H and O–H groups in total. The van der Waals surface area contributed by atoms with Crippen molar-refractivity contribution in [2.24, 2.45) is 0 Å². The molecule has 1 fully saturated rings. The number of hydrogen-bond donors (Lipinski definition) is 1. The Hall–Kier alpha value is -2.47. The highest BCUT2D eigenvalue weighted by molar-refractivity contribution is 9.10. The van der Waals surface area contributed by atoms with Crippen LogP contribution < -0.4 is 0 Å². The van der Waals surface area contributed by atoms with Gasteiger partial charge in [0.25, 0.3) is 5.60 Å². The van der Waals surface area contributed by atoms with Crippen molar-refractivity contribution in [3.05, 3.63) is 88.2 Å². The van der Waals surface area contributed by atoms with E-state index >= 15 is 0 Å². The fraction of sp³-hybridized carbons (Fsp3) is 0.346. The van der Waals surface area contributed by atoms with Gasteiger partial charge >= 0.3 is 12.4 Å². The smallest absolute Gasteiger partial charge is 0.369 e. The molecule has 4 rings (SSSR count). The Labute approximate surface area is 218 Å². The van der Waals surface area contributed by atoms with Crippen molar-refractivity contribution in [2.75, 3.05) is 26.2 Å². The molecule has 3 aromatic rings. The minimum atomic E-state index is -5.91. The number of hydrogen-bond acceptors (Lipinski definition) is 4. The van der Waals surface area contributed by atoms with Crippen molar-refractivity contribution in [2.45, 2.75) is 31.0 Å². The molecule has 198 valence electrons. The van der Waals surface area contributed by atoms with Gasteiger partial charge in [-0.25, -0.2) is 4.98 Å². The molecule has 1 aliphatic heterocycles. The quantitative estimate of drug-likeness (QED) is 0.278. The van der Waals surface area contributed by atoms with Crippen molar-refractivity contribution in [1.82, 2.24) is 14.8 Å². The molecule has 0 radical (unpaired) electrons. The summed E-state index contributed by atoms with van der Waals surface area (Å²) in [5, 5.41) is 9.55. The average molecular weight is 588 g/mol. The van der Waals surface area contributed by atoms with E-state index in [1.165, 1.54) is 5.56 Å². The Bertz CT molecular complexity index is 1180. The maximum Gasteiger partial charge on any atom is 0.430 e. The largest absolute Gasteiger partial charge is 0.430 e. The molecular weight excluding hydrogens is 564 g/mol. The second-order valence-corrected chi connectivity index (χ2v) is 9.83. The molecular formula is C26H24BrF6N3O. The number of pyridine rings is 1. The molecule has 0 unspecified atom stereocenters. The molecule has 0 atom stereocenters. The number of nitrogens with zero attached hydrogens (tertiary/aromatic N) is 3. The first-order valence-corrected chi connectivity index (χ1v) is 12.3. The number of alkyl halides is 6. The molecule has 37 heavy (non-hydrogen) atoms. The first-order valence-electron chi connectivity index (χ1n) is 11.5. The first kappa shape index (κ1) is 27.6. The number of piperazine rings is 1. The molecule has 4 nitrogen and oxygen atoms in total. The van der Waals surface area contributed by atoms with E-state index in [9.17, 15) is 31.4 Å². The van der Waals surface area contributed by atoms with Crippen molar-refractivity contribution < 1.29 is 31.4 Å². The topological polar surface area (TPSA) is 39.6 Å². The lowest BCUT2D eigenvalue weighted by molar-refractivity contribution is -0.376. The highest BCUT2D eigenvalue weighted by Gasteiger charge is 2.71. The Morgan fingerprint density at radius 1 is 0.703 bits per heavy atom. The van der Waals surface area contributed by atoms with E-state index in [1.54, 1.807) is 18.3 Å². The average Bonchev–Trinajstić information content (AvgIpc) is 2.84. The maximum atomic E-state index is 13.1. The Kier molecular flexibility index (Phi) is 7.99. The molecule has 0 spiro atoms. The van der Waals surface area contributed by atoms with Gasteiger partial charge in [0.05, 0.1) is 0 Å². The summed E-state index contributed by atoms with van der Waals surface area (Å²) in [6, 6.07) is 15.0. The normalized spacial score (nSPS) is 16.2. The second kappa shape index (κ2) is 10.7. The van der Waals surface area contributed by atoms with Crippen LogP contribution in [0.3, 0.4) is 0 Å². The highest BCUT2D eigenvalue weighted by Crippen LogP contribution is 2.50. The molecule has 1 aromatic heterocycles. The van der Waals surface area contributed by atoms with Crippen LogP contribution >= 0.6 is 15.9 Å². The van der Waals surface area contributed by atoms with Crippen molar-refractivity contribution in [3.8, 4) is 11.1 Å². The molecule has 1 saturated heterocycles. The van der Waals surface area contributed by atoms with Gasteiger partial charge in [-0.3, -0.25) is 9.80 Å². The standard InChI is InChI=1S/C26H24BrF6N3O/c27-23-15-19(9-10-34-23)17-36-13-11-35(12-14-36)16-18-1-3-20(4-2-18)21-5-7-22(8-6-21)24(37,25(28,29)30)26(31,32)33/h1-10,15,37H,11-14,16-17H2. The fourth-order valence-electron chi connectivity index (χ4n) is 4.36. The van der Waals surface area contributed by atoms with Gasteiger partial charge in [0, 0.05) is 51.0 Å². The van der Waals surface area contributed by atoms with Gasteiger partial charge in [-0.2, -0.15) is 26.3 Å². The van der Waals surface area contributed by atoms with E-state index in [1.807, 2.05) is 24.3 Å². The number of benzene rings is 2. The predicted octanol–water partition coefficient (Wildman–Crippen LogP) is 6.14. The molecule has 1 aliphatic rings. The lowest BCUT2D eigenvalue weighted by Gasteiger charge is -2.34. The van der Waals surface area contributed by atoms with Crippen molar-refractivity contribution in [3.63, 3.8) is 0 Å². The van der Waals surface area contributed by atoms with E-state index < -0.39 is 23.5 Å². The van der Waals surface area contributed by atoms with E-state index in [0.717, 1.165) is 61.6 Å². The Balaban J connectivity index is 1.36. The van der Waals surface area contributed by atoms with Gasteiger partial charge in [-0.05, 0) is 50.3 Å². The minimum Gasteiger partial charge on any atom is -0.369 e. The van der Waals surface area contributed by atoms with Crippen molar-refractivity contribution in [1.29, 1.82) is 0 Å². The summed E-state index contributed by atoms with van der Waals surface area (Å²) in [5.41, 5.74) is -2.87. The van der Waals surface area contributed by atoms with E-state index in [4.69, 9.17) is 0 Å². The van der Waals surface area contributed by atoms with Gasteiger partial charge in [0.1, 0.15) is 4.60 Å². The third-order valence-corrected chi connectivity index (χ3v) is 6.91. The van der Waals surface area contributed by atoms with Gasteiger partial charge in [-0.15, -0.1) is 0 Å². The SMILES string of the molecule is OC(c1ccc(-c2ccc(CN3CCN(Cc4ccnc(Br)c4)CC3)cc2)cc1)(C(F)(F)F)C(F)(F)F. The van der Waals surface area contributed by atoms with Crippen LogP contribution in [0.25, 0.3) is 11.1 Å². The van der Waals surface area contributed by atoms with Crippen LogP contribution in [0.15, 0.2) is 71.5 Å². The first-order chi connectivity index (χ1) is 17.4. The van der Waals surface area contributed by atoms with E-state index in [-0.39, 0.29) is 0 Å². The molecule has 0 bridgehead atoms. The van der Waals surface area contributed by atoms with Crippen LogP contribution in [0.1, 0.15) is 16.7 Å². The number of aliphatic hydroxyl groups is 1. The third-order valence-electron chi connectivity index (χ3n) is 6.48. The van der Waals surface area contributed by atoms with Gasteiger partial charge in [0.2, 0.25) is 0 Å². The monoisotopic (exact) mass is 587 g/mol. The summed E-state index contributed by atoms with van der Waals surface area (Å²) in [7, 11) is 0. The maximum absolute atomic E-state index is 13.1. The summed E-state index contributed by atoms with van der Waals surface area (Å²) in [6.07, 6.45) is -10.0. The third kappa shape index (κ3) is 6.17. The molecule has 0 aliphatic carbocycles. The summed E-state index contributed by atoms with van der Waals surface area (Å²) < 4.78 is 79.4. The zero-order valence-electron chi connectivity index (χ0n) is 19.5. The van der Waals surface area contributed by atoms with Crippen LogP contribution in [0.2, 0.25) is 0 Å². The highest BCUT2D eigenvalue weighted by atomic mass is 79.9. The molecule has 2 aromatic carbocycles. The van der Waals surface area contributed by atoms with Gasteiger partial charge in [-0.1, -0.05) is 48.5 Å². The number of aromatic nitrogens is 1. The van der Waals surface area contributed by atoms with Crippen LogP contribution in [0.5, 0.6) is 0 Å². The zero-order valence-corrected chi connectivity index (χ0v) is 21.1. The van der Waals surface area contributed by atoms with Crippen LogP contribution in [-0.2, 0) is 18.7 Å². The lowest BCUT2D eigenvalue weighted by atomic mass is 9.90. The second-order valence-electron chi connectivity index (χ2n) is 9.02. The Morgan fingerprint density at radius 3 is 1.62 bits per heavy atom. The van der Waals surface area contributed by atoms with Crippen LogP contribution in [-0.4, -0.2) is 58.4 Å². The molecule has 2 heterocycles. The van der Waals surface area contributed by atoms with Crippen LogP contribution in [0, 0.1) is 0 Å². The number of rotatable bonds is 6. The summed E-state index contributed by atoms with van der Waals surface area (Å²) in [6.45, 7) is 5.23. The summed E-state index contributed by atoms with van der Waals surface area (Å²) in [4.78, 5) is 8.86. The molecule has 0 saturated carbocycles. The van der Waals surface area contributed by atoms with Gasteiger partial charge in [0.15, 0.2) is 0 Å². The predicted molar refractivity (Wildman–Crippen MR) is 130 cm³/mol. The van der Waals surface area contributed by atoms with Gasteiger partial charge < -0.3 is 5.11 Å². The van der Waals surface area contributed by atoms with Crippen molar-refractivity contribution >= 4 is 15.9 Å². The van der Waals surface area contributed by atoms with E-state index in [2.05, 4.69) is 30.7 Å². The van der Waals surface area contributed by atoms with E-state index in [0.29, 0.717) is 23.3 Å². The van der Waals surface area contributed by atoms with Crippen LogP contribution in [0.4, 0.5) is 26.3 Å². The minimum absolute atomic E-state index is 0.443. The fourth-order valence-corrected chi connectivity index (χ4v) is 4.77. The lowest BCUT2D eigenvalue weighted by Crippen LogP contribution is -2.53. The molecule has 0 amide bonds. The number of halogens is 7. The summed E-state index contributed by atoms with van der Waals surface area (Å²) in [5.74, 6) is 0. The summed E-state index contributed by atoms with van der Waals surface area (Å²) >= 11 is 3.39. The zero-order chi connectivity index (χ0) is 26.8. The molecule has 11 heteroatoms. The Morgan fingerprint density at radius 2 is 1.16 bits per heavy atom.